The van der Waals surface area contributed by atoms with Crippen LogP contribution < -0.4 is 4.74 Å². The summed E-state index contributed by atoms with van der Waals surface area (Å²) in [5.41, 5.74) is 2.22. The molecule has 1 heterocycles. The lowest BCUT2D eigenvalue weighted by Gasteiger charge is -2.11. The van der Waals surface area contributed by atoms with Crippen molar-refractivity contribution in [1.29, 1.82) is 0 Å². The molecule has 8 heteroatoms. The maximum Gasteiger partial charge on any atom is 0.216 e. The number of aromatic amines is 1. The van der Waals surface area contributed by atoms with Crippen LogP contribution in [0.4, 0.5) is 4.39 Å². The Bertz CT molecular complexity index is 988. The van der Waals surface area contributed by atoms with Crippen LogP contribution >= 0.6 is 23.8 Å². The van der Waals surface area contributed by atoms with Gasteiger partial charge in [0.05, 0.1) is 11.2 Å². The van der Waals surface area contributed by atoms with Gasteiger partial charge >= 0.3 is 0 Å². The van der Waals surface area contributed by atoms with E-state index in [0.29, 0.717) is 5.82 Å². The fourth-order valence-corrected chi connectivity index (χ4v) is 2.86. The molecular weight excluding hydrogens is 375 g/mol. The minimum Gasteiger partial charge on any atom is -0.485 e. The molecule has 0 aliphatic heterocycles. The van der Waals surface area contributed by atoms with Gasteiger partial charge in [-0.05, 0) is 49.3 Å². The highest BCUT2D eigenvalue weighted by Gasteiger charge is 2.10. The van der Waals surface area contributed by atoms with Crippen LogP contribution in [0.1, 0.15) is 22.5 Å². The van der Waals surface area contributed by atoms with Crippen LogP contribution in [0.2, 0.25) is 5.02 Å². The zero-order valence-electron chi connectivity index (χ0n) is 14.2. The smallest absolute Gasteiger partial charge is 0.216 e. The van der Waals surface area contributed by atoms with Crippen molar-refractivity contribution in [3.63, 3.8) is 0 Å². The van der Waals surface area contributed by atoms with Gasteiger partial charge in [0.15, 0.2) is 5.82 Å². The molecular formula is C18H16ClFN4OS. The summed E-state index contributed by atoms with van der Waals surface area (Å²) in [6, 6.07) is 10.3. The molecule has 3 rings (SSSR count). The summed E-state index contributed by atoms with van der Waals surface area (Å²) >= 11 is 11.2. The molecule has 0 saturated heterocycles. The molecule has 0 fully saturated rings. The predicted octanol–water partition coefficient (Wildman–Crippen LogP) is 4.81. The summed E-state index contributed by atoms with van der Waals surface area (Å²) in [6.45, 7) is 4.09. The first kappa shape index (κ1) is 18.3. The summed E-state index contributed by atoms with van der Waals surface area (Å²) in [5, 5.41) is 11.3. The van der Waals surface area contributed by atoms with Crippen LogP contribution in [0.25, 0.3) is 0 Å². The number of hydrogen-bond donors (Lipinski definition) is 1. The number of nitrogens with zero attached hydrogens (tertiary/aromatic N) is 3. The predicted molar refractivity (Wildman–Crippen MR) is 102 cm³/mol. The monoisotopic (exact) mass is 390 g/mol. The van der Waals surface area contributed by atoms with E-state index in [1.54, 1.807) is 6.07 Å². The zero-order valence-corrected chi connectivity index (χ0v) is 15.7. The summed E-state index contributed by atoms with van der Waals surface area (Å²) < 4.78 is 21.4. The second kappa shape index (κ2) is 7.80. The lowest BCUT2D eigenvalue weighted by Crippen LogP contribution is -2.06. The standard InChI is InChI=1S/C18H16ClFN4OS/c1-11-5-3-6-12(2)17(11)25-10-16-22-23-18(26)24(16)21-9-13-14(19)7-4-8-15(13)20/h3-9H,10H2,1-2H3,(H,23,26)/b21-9-. The van der Waals surface area contributed by atoms with Crippen molar-refractivity contribution in [2.24, 2.45) is 5.10 Å². The lowest BCUT2D eigenvalue weighted by atomic mass is 10.1. The second-order valence-corrected chi connectivity index (χ2v) is 6.44. The molecule has 2 aromatic carbocycles. The second-order valence-electron chi connectivity index (χ2n) is 5.65. The largest absolute Gasteiger partial charge is 0.485 e. The topological polar surface area (TPSA) is 55.2 Å². The Labute approximate surface area is 160 Å². The highest BCUT2D eigenvalue weighted by Crippen LogP contribution is 2.23. The molecule has 134 valence electrons. The highest BCUT2D eigenvalue weighted by molar-refractivity contribution is 7.71. The molecule has 0 saturated carbocycles. The number of rotatable bonds is 5. The van der Waals surface area contributed by atoms with Crippen molar-refractivity contribution in [2.75, 3.05) is 0 Å². The first-order chi connectivity index (χ1) is 12.5. The van der Waals surface area contributed by atoms with E-state index in [1.807, 2.05) is 32.0 Å². The van der Waals surface area contributed by atoms with Crippen molar-refractivity contribution in [3.8, 4) is 5.75 Å². The molecule has 0 bridgehead atoms. The normalized spacial score (nSPS) is 11.2. The van der Waals surface area contributed by atoms with E-state index in [4.69, 9.17) is 28.6 Å². The van der Waals surface area contributed by atoms with Gasteiger partial charge < -0.3 is 4.74 Å². The average molecular weight is 391 g/mol. The van der Waals surface area contributed by atoms with E-state index < -0.39 is 5.82 Å². The number of ether oxygens (including phenoxy) is 1. The minimum absolute atomic E-state index is 0.154. The van der Waals surface area contributed by atoms with Crippen LogP contribution in [0.15, 0.2) is 41.5 Å². The van der Waals surface area contributed by atoms with E-state index in [1.165, 1.54) is 23.0 Å². The Morgan fingerprint density at radius 3 is 2.65 bits per heavy atom. The van der Waals surface area contributed by atoms with Crippen molar-refractivity contribution in [3.05, 3.63) is 74.5 Å². The Morgan fingerprint density at radius 1 is 1.27 bits per heavy atom. The molecule has 3 aromatic rings. The van der Waals surface area contributed by atoms with E-state index >= 15 is 0 Å². The lowest BCUT2D eigenvalue weighted by molar-refractivity contribution is 0.287. The number of halogens is 2. The van der Waals surface area contributed by atoms with Crippen LogP contribution in [-0.2, 0) is 6.61 Å². The number of para-hydroxylation sites is 1. The van der Waals surface area contributed by atoms with Crippen molar-refractivity contribution >= 4 is 30.0 Å². The number of H-pyrrole nitrogens is 1. The third kappa shape index (κ3) is 3.84. The fraction of sp³-hybridized carbons (Fsp3) is 0.167. The Kier molecular flexibility index (Phi) is 5.49. The zero-order chi connectivity index (χ0) is 18.7. The molecule has 0 spiro atoms. The van der Waals surface area contributed by atoms with Gasteiger partial charge in [-0.15, -0.1) is 0 Å². The molecule has 0 radical (unpaired) electrons. The van der Waals surface area contributed by atoms with Gasteiger partial charge in [0, 0.05) is 5.56 Å². The van der Waals surface area contributed by atoms with Gasteiger partial charge in [-0.2, -0.15) is 14.9 Å². The van der Waals surface area contributed by atoms with Crippen LogP contribution in [-0.4, -0.2) is 21.1 Å². The number of aromatic nitrogens is 3. The van der Waals surface area contributed by atoms with Crippen LogP contribution in [0, 0.1) is 24.4 Å². The molecule has 5 nitrogen and oxygen atoms in total. The summed E-state index contributed by atoms with van der Waals surface area (Å²) in [6.07, 6.45) is 1.31. The highest BCUT2D eigenvalue weighted by atomic mass is 35.5. The van der Waals surface area contributed by atoms with Gasteiger partial charge in [-0.25, -0.2) is 9.49 Å². The Hall–Kier alpha value is -2.51. The molecule has 1 N–H and O–H groups in total. The number of hydrogen-bond acceptors (Lipinski definition) is 4. The number of aryl methyl sites for hydroxylation is 2. The van der Waals surface area contributed by atoms with Gasteiger partial charge in [0.1, 0.15) is 18.2 Å². The fourth-order valence-electron chi connectivity index (χ4n) is 2.45. The van der Waals surface area contributed by atoms with Gasteiger partial charge in [0.2, 0.25) is 4.77 Å². The van der Waals surface area contributed by atoms with Crippen LogP contribution in [0.5, 0.6) is 5.75 Å². The summed E-state index contributed by atoms with van der Waals surface area (Å²) in [5.74, 6) is 0.778. The third-order valence-corrected chi connectivity index (χ3v) is 4.37. The van der Waals surface area contributed by atoms with E-state index in [9.17, 15) is 4.39 Å². The van der Waals surface area contributed by atoms with Crippen molar-refractivity contribution in [1.82, 2.24) is 14.9 Å². The number of nitrogens with one attached hydrogen (secondary N) is 1. The Balaban J connectivity index is 1.86. The summed E-state index contributed by atoms with van der Waals surface area (Å²) in [4.78, 5) is 0. The van der Waals surface area contributed by atoms with E-state index in [-0.39, 0.29) is 22.0 Å². The average Bonchev–Trinajstić information content (AvgIpc) is 2.94. The molecule has 1 aromatic heterocycles. The third-order valence-electron chi connectivity index (χ3n) is 3.77. The van der Waals surface area contributed by atoms with E-state index in [0.717, 1.165) is 16.9 Å². The molecule has 0 atom stereocenters. The van der Waals surface area contributed by atoms with Crippen molar-refractivity contribution in [2.45, 2.75) is 20.5 Å². The Morgan fingerprint density at radius 2 is 1.96 bits per heavy atom. The molecule has 0 amide bonds. The van der Waals surface area contributed by atoms with E-state index in [2.05, 4.69) is 15.3 Å². The molecule has 0 aliphatic carbocycles. The van der Waals surface area contributed by atoms with Gasteiger partial charge in [-0.1, -0.05) is 35.9 Å². The van der Waals surface area contributed by atoms with Crippen molar-refractivity contribution < 1.29 is 9.13 Å². The molecule has 0 aliphatic rings. The molecule has 0 unspecified atom stereocenters. The SMILES string of the molecule is Cc1cccc(C)c1OCc1n[nH]c(=S)n1/N=C\c1c(F)cccc1Cl. The van der Waals surface area contributed by atoms with Gasteiger partial charge in [-0.3, -0.25) is 0 Å². The number of benzene rings is 2. The maximum atomic E-state index is 13.9. The van der Waals surface area contributed by atoms with Crippen LogP contribution in [0.3, 0.4) is 0 Å². The first-order valence-electron chi connectivity index (χ1n) is 7.81. The van der Waals surface area contributed by atoms with Gasteiger partial charge in [0.25, 0.3) is 0 Å². The minimum atomic E-state index is -0.468. The quantitative estimate of drug-likeness (QED) is 0.502. The first-order valence-corrected chi connectivity index (χ1v) is 8.59. The maximum absolute atomic E-state index is 13.9. The summed E-state index contributed by atoms with van der Waals surface area (Å²) in [7, 11) is 0. The molecule has 26 heavy (non-hydrogen) atoms.